The summed E-state index contributed by atoms with van der Waals surface area (Å²) in [6.45, 7) is 0. The third kappa shape index (κ3) is 1.99. The molecule has 0 bridgehead atoms. The molecule has 19 heavy (non-hydrogen) atoms. The Morgan fingerprint density at radius 2 is 2.05 bits per heavy atom. The first-order valence-corrected chi connectivity index (χ1v) is 5.70. The average Bonchev–Trinajstić information content (AvgIpc) is 2.81. The quantitative estimate of drug-likeness (QED) is 0.742. The number of nitrogens with one attached hydrogen (secondary N) is 1. The fraction of sp³-hybridized carbons (Fsp3) is 0.0714. The van der Waals surface area contributed by atoms with E-state index in [2.05, 4.69) is 9.97 Å². The van der Waals surface area contributed by atoms with Crippen molar-refractivity contribution >= 4 is 11.0 Å². The molecule has 2 aromatic carbocycles. The first kappa shape index (κ1) is 11.5. The highest BCUT2D eigenvalue weighted by atomic mass is 19.1. The van der Waals surface area contributed by atoms with E-state index < -0.39 is 0 Å². The van der Waals surface area contributed by atoms with Gasteiger partial charge in [0, 0.05) is 5.56 Å². The van der Waals surface area contributed by atoms with Crippen LogP contribution >= 0.6 is 0 Å². The number of benzene rings is 2. The SMILES string of the molecule is COc1ccc(-c2nc3ccc(F)cc3[nH]2)cc1O. The van der Waals surface area contributed by atoms with Crippen LogP contribution in [0.25, 0.3) is 22.4 Å². The van der Waals surface area contributed by atoms with E-state index in [4.69, 9.17) is 4.74 Å². The summed E-state index contributed by atoms with van der Waals surface area (Å²) in [5, 5.41) is 9.74. The van der Waals surface area contributed by atoms with Crippen molar-refractivity contribution in [3.8, 4) is 22.9 Å². The van der Waals surface area contributed by atoms with E-state index >= 15 is 0 Å². The number of nitrogens with zero attached hydrogens (tertiary/aromatic N) is 1. The van der Waals surface area contributed by atoms with Gasteiger partial charge in [-0.3, -0.25) is 0 Å². The highest BCUT2D eigenvalue weighted by molar-refractivity contribution is 5.79. The summed E-state index contributed by atoms with van der Waals surface area (Å²) < 4.78 is 18.1. The van der Waals surface area contributed by atoms with Gasteiger partial charge in [0.1, 0.15) is 11.6 Å². The normalized spacial score (nSPS) is 10.8. The number of imidazole rings is 1. The van der Waals surface area contributed by atoms with Crippen LogP contribution in [0.4, 0.5) is 4.39 Å². The lowest BCUT2D eigenvalue weighted by Crippen LogP contribution is -1.85. The molecule has 0 radical (unpaired) electrons. The Morgan fingerprint density at radius 3 is 2.79 bits per heavy atom. The second-order valence-electron chi connectivity index (χ2n) is 4.13. The van der Waals surface area contributed by atoms with Crippen molar-refractivity contribution in [2.45, 2.75) is 0 Å². The van der Waals surface area contributed by atoms with Crippen molar-refractivity contribution in [1.29, 1.82) is 0 Å². The summed E-state index contributed by atoms with van der Waals surface area (Å²) in [7, 11) is 1.48. The molecule has 1 heterocycles. The fourth-order valence-corrected chi connectivity index (χ4v) is 1.96. The van der Waals surface area contributed by atoms with Crippen LogP contribution in [0.5, 0.6) is 11.5 Å². The zero-order valence-electron chi connectivity index (χ0n) is 10.1. The minimum atomic E-state index is -0.319. The Hall–Kier alpha value is -2.56. The molecule has 5 heteroatoms. The summed E-state index contributed by atoms with van der Waals surface area (Å²) in [5.74, 6) is 0.677. The van der Waals surface area contributed by atoms with Gasteiger partial charge >= 0.3 is 0 Å². The highest BCUT2D eigenvalue weighted by Crippen LogP contribution is 2.31. The smallest absolute Gasteiger partial charge is 0.160 e. The van der Waals surface area contributed by atoms with Crippen molar-refractivity contribution in [3.63, 3.8) is 0 Å². The monoisotopic (exact) mass is 258 g/mol. The lowest BCUT2D eigenvalue weighted by atomic mass is 10.2. The van der Waals surface area contributed by atoms with Gasteiger partial charge in [0.25, 0.3) is 0 Å². The van der Waals surface area contributed by atoms with Crippen LogP contribution in [0.3, 0.4) is 0 Å². The largest absolute Gasteiger partial charge is 0.504 e. The molecule has 3 aromatic rings. The Morgan fingerprint density at radius 1 is 1.21 bits per heavy atom. The number of hydrogen-bond donors (Lipinski definition) is 2. The van der Waals surface area contributed by atoms with Gasteiger partial charge in [-0.2, -0.15) is 0 Å². The topological polar surface area (TPSA) is 58.1 Å². The van der Waals surface area contributed by atoms with E-state index in [-0.39, 0.29) is 11.6 Å². The van der Waals surface area contributed by atoms with E-state index in [1.165, 1.54) is 19.2 Å². The first-order chi connectivity index (χ1) is 9.17. The number of hydrogen-bond acceptors (Lipinski definition) is 3. The zero-order valence-corrected chi connectivity index (χ0v) is 10.1. The Balaban J connectivity index is 2.11. The summed E-state index contributed by atoms with van der Waals surface area (Å²) in [5.41, 5.74) is 1.99. The second kappa shape index (κ2) is 4.28. The van der Waals surface area contributed by atoms with Crippen LogP contribution in [0.1, 0.15) is 0 Å². The Bertz CT molecular complexity index is 752. The molecule has 2 N–H and O–H groups in total. The summed E-state index contributed by atoms with van der Waals surface area (Å²) in [6.07, 6.45) is 0. The number of phenolic OH excluding ortho intramolecular Hbond substituents is 1. The lowest BCUT2D eigenvalue weighted by Gasteiger charge is -2.04. The molecular formula is C14H11FN2O2. The number of aromatic amines is 1. The van der Waals surface area contributed by atoms with Crippen LogP contribution in [-0.2, 0) is 0 Å². The second-order valence-corrected chi connectivity index (χ2v) is 4.13. The van der Waals surface area contributed by atoms with Crippen LogP contribution in [0, 0.1) is 5.82 Å². The summed E-state index contributed by atoms with van der Waals surface area (Å²) in [4.78, 5) is 7.36. The van der Waals surface area contributed by atoms with E-state index in [0.717, 1.165) is 0 Å². The number of rotatable bonds is 2. The van der Waals surface area contributed by atoms with Crippen molar-refractivity contribution in [2.24, 2.45) is 0 Å². The minimum absolute atomic E-state index is 0.0339. The molecule has 0 spiro atoms. The molecule has 0 unspecified atom stereocenters. The lowest BCUT2D eigenvalue weighted by molar-refractivity contribution is 0.373. The number of aromatic nitrogens is 2. The molecule has 0 atom stereocenters. The van der Waals surface area contributed by atoms with Crippen molar-refractivity contribution < 1.29 is 14.2 Å². The average molecular weight is 258 g/mol. The predicted octanol–water partition coefficient (Wildman–Crippen LogP) is 3.08. The van der Waals surface area contributed by atoms with E-state index in [9.17, 15) is 9.50 Å². The standard InChI is InChI=1S/C14H11FN2O2/c1-19-13-5-2-8(6-12(13)18)14-16-10-4-3-9(15)7-11(10)17-14/h2-7,18H,1H3,(H,16,17). The van der Waals surface area contributed by atoms with Gasteiger partial charge in [0.2, 0.25) is 0 Å². The van der Waals surface area contributed by atoms with Gasteiger partial charge < -0.3 is 14.8 Å². The fourth-order valence-electron chi connectivity index (χ4n) is 1.96. The molecule has 3 rings (SSSR count). The molecule has 1 aromatic heterocycles. The molecule has 0 fully saturated rings. The predicted molar refractivity (Wildman–Crippen MR) is 69.7 cm³/mol. The molecule has 96 valence electrons. The third-order valence-corrected chi connectivity index (χ3v) is 2.90. The molecule has 0 aliphatic carbocycles. The van der Waals surface area contributed by atoms with E-state index in [1.54, 1.807) is 24.3 Å². The van der Waals surface area contributed by atoms with Gasteiger partial charge in [0.15, 0.2) is 11.5 Å². The van der Waals surface area contributed by atoms with Crippen molar-refractivity contribution in [3.05, 3.63) is 42.2 Å². The van der Waals surface area contributed by atoms with Gasteiger partial charge in [-0.15, -0.1) is 0 Å². The van der Waals surface area contributed by atoms with E-state index in [0.29, 0.717) is 28.2 Å². The maximum absolute atomic E-state index is 13.1. The molecular weight excluding hydrogens is 247 g/mol. The number of methoxy groups -OCH3 is 1. The summed E-state index contributed by atoms with van der Waals surface area (Å²) in [6, 6.07) is 9.32. The number of aromatic hydroxyl groups is 1. The van der Waals surface area contributed by atoms with Crippen LogP contribution < -0.4 is 4.74 Å². The van der Waals surface area contributed by atoms with Gasteiger partial charge in [0.05, 0.1) is 18.1 Å². The van der Waals surface area contributed by atoms with Crippen LogP contribution in [0.2, 0.25) is 0 Å². The van der Waals surface area contributed by atoms with Gasteiger partial charge in [-0.05, 0) is 36.4 Å². The maximum Gasteiger partial charge on any atom is 0.160 e. The number of H-pyrrole nitrogens is 1. The van der Waals surface area contributed by atoms with Gasteiger partial charge in [-0.25, -0.2) is 9.37 Å². The molecule has 0 amide bonds. The third-order valence-electron chi connectivity index (χ3n) is 2.90. The van der Waals surface area contributed by atoms with Crippen LogP contribution in [0.15, 0.2) is 36.4 Å². The highest BCUT2D eigenvalue weighted by Gasteiger charge is 2.09. The zero-order chi connectivity index (χ0) is 13.4. The number of ether oxygens (including phenoxy) is 1. The summed E-state index contributed by atoms with van der Waals surface area (Å²) >= 11 is 0. The number of phenols is 1. The van der Waals surface area contributed by atoms with Crippen molar-refractivity contribution in [2.75, 3.05) is 7.11 Å². The number of fused-ring (bicyclic) bond motifs is 1. The molecule has 0 saturated heterocycles. The molecule has 0 aliphatic rings. The van der Waals surface area contributed by atoms with Gasteiger partial charge in [-0.1, -0.05) is 0 Å². The first-order valence-electron chi connectivity index (χ1n) is 5.70. The Kier molecular flexibility index (Phi) is 2.59. The maximum atomic E-state index is 13.1. The molecule has 0 saturated carbocycles. The minimum Gasteiger partial charge on any atom is -0.504 e. The molecule has 0 aliphatic heterocycles. The van der Waals surface area contributed by atoms with E-state index in [1.807, 2.05) is 0 Å². The number of halogens is 1. The van der Waals surface area contributed by atoms with Crippen molar-refractivity contribution in [1.82, 2.24) is 9.97 Å². The molecule has 4 nitrogen and oxygen atoms in total. The van der Waals surface area contributed by atoms with Crippen LogP contribution in [-0.4, -0.2) is 22.2 Å². The Labute approximate surface area is 108 Å².